The molecular weight excluding hydrogens is 200 g/mol. The molecule has 80 valence electrons. The summed E-state index contributed by atoms with van der Waals surface area (Å²) in [5.74, 6) is 0.275. The predicted octanol–water partition coefficient (Wildman–Crippen LogP) is 2.06. The maximum absolute atomic E-state index is 11.6. The summed E-state index contributed by atoms with van der Waals surface area (Å²) >= 11 is 0. The van der Waals surface area contributed by atoms with E-state index in [1.165, 1.54) is 5.56 Å². The number of hydrogen-bond acceptors (Lipinski definition) is 2. The highest BCUT2D eigenvalue weighted by Crippen LogP contribution is 2.23. The number of carbonyl (C=O) groups is 1. The van der Waals surface area contributed by atoms with Gasteiger partial charge < -0.3 is 0 Å². The predicted molar refractivity (Wildman–Crippen MR) is 60.4 cm³/mol. The van der Waals surface area contributed by atoms with Crippen LogP contribution in [0.5, 0.6) is 0 Å². The average molecular weight is 212 g/mol. The van der Waals surface area contributed by atoms with E-state index in [1.807, 2.05) is 23.0 Å². The van der Waals surface area contributed by atoms with Crippen molar-refractivity contribution in [3.05, 3.63) is 53.3 Å². The number of hydrogen-bond donors (Lipinski definition) is 0. The molecule has 0 atom stereocenters. The zero-order valence-corrected chi connectivity index (χ0v) is 8.89. The lowest BCUT2D eigenvalue weighted by atomic mass is 10.1. The summed E-state index contributed by atoms with van der Waals surface area (Å²) in [6.07, 6.45) is 5.25. The highest BCUT2D eigenvalue weighted by atomic mass is 16.1. The van der Waals surface area contributed by atoms with E-state index >= 15 is 0 Å². The van der Waals surface area contributed by atoms with Crippen molar-refractivity contribution < 1.29 is 4.79 Å². The van der Waals surface area contributed by atoms with Crippen molar-refractivity contribution in [3.8, 4) is 0 Å². The van der Waals surface area contributed by atoms with Gasteiger partial charge in [-0.1, -0.05) is 12.1 Å². The van der Waals surface area contributed by atoms with Crippen LogP contribution in [-0.4, -0.2) is 15.6 Å². The lowest BCUT2D eigenvalue weighted by molar-refractivity contribution is 0.0994. The minimum absolute atomic E-state index is 0.275. The molecule has 0 unspecified atom stereocenters. The summed E-state index contributed by atoms with van der Waals surface area (Å²) in [6, 6.07) is 8.06. The van der Waals surface area contributed by atoms with Crippen LogP contribution >= 0.6 is 0 Å². The van der Waals surface area contributed by atoms with Crippen molar-refractivity contribution in [2.24, 2.45) is 0 Å². The third-order valence-corrected chi connectivity index (χ3v) is 3.00. The number of ketones is 1. The molecule has 0 saturated carbocycles. The largest absolute Gasteiger partial charge is 0.294 e. The molecule has 1 aliphatic rings. The van der Waals surface area contributed by atoms with Gasteiger partial charge in [0.15, 0.2) is 5.78 Å². The number of benzene rings is 1. The molecule has 0 saturated heterocycles. The lowest BCUT2D eigenvalue weighted by Gasteiger charge is -2.04. The summed E-state index contributed by atoms with van der Waals surface area (Å²) in [7, 11) is 0. The van der Waals surface area contributed by atoms with Crippen LogP contribution in [0.1, 0.15) is 27.9 Å². The second-order valence-electron chi connectivity index (χ2n) is 4.12. The Morgan fingerprint density at radius 1 is 1.31 bits per heavy atom. The molecule has 1 aromatic carbocycles. The Bertz CT molecular complexity index is 529. The lowest BCUT2D eigenvalue weighted by Crippen LogP contribution is -2.01. The molecule has 3 heteroatoms. The second-order valence-corrected chi connectivity index (χ2v) is 4.12. The van der Waals surface area contributed by atoms with Gasteiger partial charge in [0, 0.05) is 24.4 Å². The van der Waals surface area contributed by atoms with E-state index < -0.39 is 0 Å². The van der Waals surface area contributed by atoms with Crippen LogP contribution in [0.15, 0.2) is 36.7 Å². The Balaban J connectivity index is 1.92. The van der Waals surface area contributed by atoms with Gasteiger partial charge in [-0.3, -0.25) is 9.48 Å². The topological polar surface area (TPSA) is 34.9 Å². The highest BCUT2D eigenvalue weighted by Gasteiger charge is 2.19. The second kappa shape index (κ2) is 3.59. The minimum atomic E-state index is 0.275. The fraction of sp³-hybridized carbons (Fsp3) is 0.231. The third-order valence-electron chi connectivity index (χ3n) is 3.00. The van der Waals surface area contributed by atoms with Crippen LogP contribution in [0, 0.1) is 0 Å². The fourth-order valence-electron chi connectivity index (χ4n) is 2.16. The Labute approximate surface area is 93.7 Å². The first kappa shape index (κ1) is 9.33. The van der Waals surface area contributed by atoms with Crippen LogP contribution < -0.4 is 0 Å². The molecule has 1 aromatic heterocycles. The first-order chi connectivity index (χ1) is 7.83. The molecule has 0 aliphatic heterocycles. The molecule has 0 N–H and O–H groups in total. The van der Waals surface area contributed by atoms with Crippen LogP contribution in [0.3, 0.4) is 0 Å². The van der Waals surface area contributed by atoms with Crippen LogP contribution in [0.25, 0.3) is 0 Å². The molecule has 0 radical (unpaired) electrons. The number of nitrogens with zero attached hydrogens (tertiary/aromatic N) is 2. The van der Waals surface area contributed by atoms with Crippen molar-refractivity contribution in [2.45, 2.75) is 19.4 Å². The van der Waals surface area contributed by atoms with Crippen molar-refractivity contribution in [3.63, 3.8) is 0 Å². The van der Waals surface area contributed by atoms with Crippen LogP contribution in [0.4, 0.5) is 0 Å². The Morgan fingerprint density at radius 3 is 3.06 bits per heavy atom. The standard InChI is InChI=1S/C13H12N2O/c16-13-5-4-11-3-2-10(8-12(11)13)9-15-7-1-6-14-15/h1-3,6-8H,4-5,9H2. The highest BCUT2D eigenvalue weighted by molar-refractivity contribution is 6.00. The Kier molecular flexibility index (Phi) is 2.10. The number of aromatic nitrogens is 2. The van der Waals surface area contributed by atoms with Gasteiger partial charge in [-0.15, -0.1) is 0 Å². The van der Waals surface area contributed by atoms with Crippen molar-refractivity contribution in [1.82, 2.24) is 9.78 Å². The van der Waals surface area contributed by atoms with Gasteiger partial charge in [-0.2, -0.15) is 5.10 Å². The molecule has 1 heterocycles. The monoisotopic (exact) mass is 212 g/mol. The maximum atomic E-state index is 11.6. The summed E-state index contributed by atoms with van der Waals surface area (Å²) < 4.78 is 1.86. The number of Topliss-reactive ketones (excluding diaryl/α,β-unsaturated/α-hetero) is 1. The first-order valence-electron chi connectivity index (χ1n) is 5.45. The first-order valence-corrected chi connectivity index (χ1v) is 5.45. The SMILES string of the molecule is O=C1CCc2ccc(Cn3cccn3)cc21. The molecule has 16 heavy (non-hydrogen) atoms. The van der Waals surface area contributed by atoms with E-state index in [4.69, 9.17) is 0 Å². The van der Waals surface area contributed by atoms with Crippen LogP contribution in [-0.2, 0) is 13.0 Å². The zero-order chi connectivity index (χ0) is 11.0. The van der Waals surface area contributed by atoms with Crippen molar-refractivity contribution in [2.75, 3.05) is 0 Å². The molecule has 2 aromatic rings. The number of rotatable bonds is 2. The summed E-state index contributed by atoms with van der Waals surface area (Å²) in [6.45, 7) is 0.730. The van der Waals surface area contributed by atoms with E-state index in [1.54, 1.807) is 6.20 Å². The zero-order valence-electron chi connectivity index (χ0n) is 8.89. The van der Waals surface area contributed by atoms with Gasteiger partial charge in [-0.25, -0.2) is 0 Å². The van der Waals surface area contributed by atoms with Gasteiger partial charge in [0.05, 0.1) is 6.54 Å². The van der Waals surface area contributed by atoms with Crippen molar-refractivity contribution in [1.29, 1.82) is 0 Å². The smallest absolute Gasteiger partial charge is 0.163 e. The maximum Gasteiger partial charge on any atom is 0.163 e. The van der Waals surface area contributed by atoms with E-state index in [-0.39, 0.29) is 5.78 Å². The fourth-order valence-corrected chi connectivity index (χ4v) is 2.16. The normalized spacial score (nSPS) is 14.1. The molecule has 0 amide bonds. The minimum Gasteiger partial charge on any atom is -0.294 e. The average Bonchev–Trinajstić information content (AvgIpc) is 2.90. The van der Waals surface area contributed by atoms with E-state index in [0.717, 1.165) is 24.1 Å². The Morgan fingerprint density at radius 2 is 2.25 bits per heavy atom. The molecule has 0 bridgehead atoms. The Hall–Kier alpha value is -1.90. The van der Waals surface area contributed by atoms with Crippen LogP contribution in [0.2, 0.25) is 0 Å². The van der Waals surface area contributed by atoms with E-state index in [2.05, 4.69) is 17.2 Å². The molecular formula is C13H12N2O. The van der Waals surface area contributed by atoms with Gasteiger partial charge in [0.1, 0.15) is 0 Å². The molecule has 3 nitrogen and oxygen atoms in total. The van der Waals surface area contributed by atoms with E-state index in [9.17, 15) is 4.79 Å². The summed E-state index contributed by atoms with van der Waals surface area (Å²) in [4.78, 5) is 11.6. The van der Waals surface area contributed by atoms with Crippen molar-refractivity contribution >= 4 is 5.78 Å². The quantitative estimate of drug-likeness (QED) is 0.763. The molecule has 0 spiro atoms. The summed E-state index contributed by atoms with van der Waals surface area (Å²) in [5, 5.41) is 4.16. The molecule has 1 aliphatic carbocycles. The van der Waals surface area contributed by atoms with Gasteiger partial charge in [0.2, 0.25) is 0 Å². The number of fused-ring (bicyclic) bond motifs is 1. The number of carbonyl (C=O) groups excluding carboxylic acids is 1. The van der Waals surface area contributed by atoms with Gasteiger partial charge in [0.25, 0.3) is 0 Å². The summed E-state index contributed by atoms with van der Waals surface area (Å²) in [5.41, 5.74) is 3.23. The number of aryl methyl sites for hydroxylation is 1. The molecule has 3 rings (SSSR count). The van der Waals surface area contributed by atoms with Gasteiger partial charge in [-0.05, 0) is 29.7 Å². The van der Waals surface area contributed by atoms with E-state index in [0.29, 0.717) is 6.42 Å². The molecule has 0 fully saturated rings. The van der Waals surface area contributed by atoms with Gasteiger partial charge >= 0.3 is 0 Å². The third kappa shape index (κ3) is 1.54.